The first-order valence-electron chi connectivity index (χ1n) is 5.52. The molecule has 0 aliphatic heterocycles. The number of ether oxygens (including phenoxy) is 1. The Morgan fingerprint density at radius 1 is 1.65 bits per heavy atom. The Kier molecular flexibility index (Phi) is 3.48. The topological polar surface area (TPSA) is 70.2 Å². The van der Waals surface area contributed by atoms with E-state index in [9.17, 15) is 10.1 Å². The molecule has 1 saturated carbocycles. The number of halogens is 1. The molecule has 0 radical (unpaired) electrons. The second-order valence-corrected chi connectivity index (χ2v) is 5.32. The van der Waals surface area contributed by atoms with Gasteiger partial charge in [0.25, 0.3) is 0 Å². The molecule has 1 heterocycles. The molecule has 7 heteroatoms. The highest BCUT2D eigenvalue weighted by atomic mass is 79.9. The Bertz CT molecular complexity index is 426. The van der Waals surface area contributed by atoms with Gasteiger partial charge in [0.2, 0.25) is 0 Å². The Morgan fingerprint density at radius 2 is 2.29 bits per heavy atom. The summed E-state index contributed by atoms with van der Waals surface area (Å²) in [5.74, 6) is -0.127. The van der Waals surface area contributed by atoms with Crippen molar-refractivity contribution >= 4 is 21.7 Å². The maximum atomic E-state index is 10.6. The zero-order valence-electron chi connectivity index (χ0n) is 9.67. The lowest BCUT2D eigenvalue weighted by Crippen LogP contribution is -2.35. The van der Waals surface area contributed by atoms with E-state index < -0.39 is 4.92 Å². The maximum Gasteiger partial charge on any atom is 0.404 e. The van der Waals surface area contributed by atoms with Gasteiger partial charge in [-0.3, -0.25) is 0 Å². The van der Waals surface area contributed by atoms with Gasteiger partial charge in [0.15, 0.2) is 0 Å². The summed E-state index contributed by atoms with van der Waals surface area (Å²) in [5.41, 5.74) is 0. The first kappa shape index (κ1) is 12.5. The van der Waals surface area contributed by atoms with Crippen LogP contribution in [0.3, 0.4) is 0 Å². The third-order valence-corrected chi connectivity index (χ3v) is 3.31. The van der Waals surface area contributed by atoms with E-state index in [4.69, 9.17) is 4.74 Å². The van der Waals surface area contributed by atoms with Crippen LogP contribution in [0.2, 0.25) is 0 Å². The van der Waals surface area contributed by atoms with Gasteiger partial charge in [-0.2, -0.15) is 4.68 Å². The Labute approximate surface area is 107 Å². The fourth-order valence-corrected chi connectivity index (χ4v) is 2.35. The van der Waals surface area contributed by atoms with E-state index in [0.29, 0.717) is 4.47 Å². The first-order chi connectivity index (χ1) is 7.97. The van der Waals surface area contributed by atoms with E-state index in [1.165, 1.54) is 0 Å². The minimum Gasteiger partial charge on any atom is -0.375 e. The summed E-state index contributed by atoms with van der Waals surface area (Å²) in [6.45, 7) is 4.01. The summed E-state index contributed by atoms with van der Waals surface area (Å²) >= 11 is 3.14. The first-order valence-corrected chi connectivity index (χ1v) is 6.31. The van der Waals surface area contributed by atoms with Crippen LogP contribution in [-0.2, 0) is 4.74 Å². The standard InChI is InChI=1S/C10H14BrN3O3/c1-6(2)17-8-3-7(4-8)13-5-9(11)10(12-13)14(15)16/h5-8H,3-4H2,1-2H3. The molecular weight excluding hydrogens is 290 g/mol. The summed E-state index contributed by atoms with van der Waals surface area (Å²) in [6, 6.07) is 0.212. The van der Waals surface area contributed by atoms with E-state index in [-0.39, 0.29) is 24.1 Å². The number of rotatable bonds is 4. The van der Waals surface area contributed by atoms with Crippen molar-refractivity contribution in [2.24, 2.45) is 0 Å². The minimum atomic E-state index is -0.485. The third-order valence-electron chi connectivity index (χ3n) is 2.75. The van der Waals surface area contributed by atoms with E-state index in [1.54, 1.807) is 10.9 Å². The normalized spacial score (nSPS) is 23.8. The monoisotopic (exact) mass is 303 g/mol. The lowest BCUT2D eigenvalue weighted by molar-refractivity contribution is -0.390. The molecule has 1 aromatic heterocycles. The molecule has 0 bridgehead atoms. The molecule has 1 aliphatic rings. The van der Waals surface area contributed by atoms with Crippen molar-refractivity contribution in [2.75, 3.05) is 0 Å². The van der Waals surface area contributed by atoms with Gasteiger partial charge >= 0.3 is 5.82 Å². The summed E-state index contributed by atoms with van der Waals surface area (Å²) in [4.78, 5) is 10.2. The van der Waals surface area contributed by atoms with Gasteiger partial charge < -0.3 is 14.9 Å². The second-order valence-electron chi connectivity index (χ2n) is 4.47. The summed E-state index contributed by atoms with van der Waals surface area (Å²) < 4.78 is 7.72. The van der Waals surface area contributed by atoms with Crippen molar-refractivity contribution < 1.29 is 9.66 Å². The Hall–Kier alpha value is -0.950. The summed E-state index contributed by atoms with van der Waals surface area (Å²) in [6.07, 6.45) is 3.86. The lowest BCUT2D eigenvalue weighted by atomic mass is 9.89. The van der Waals surface area contributed by atoms with Gasteiger partial charge in [-0.25, -0.2) is 0 Å². The van der Waals surface area contributed by atoms with Crippen LogP contribution < -0.4 is 0 Å². The molecule has 17 heavy (non-hydrogen) atoms. The zero-order valence-corrected chi connectivity index (χ0v) is 11.3. The smallest absolute Gasteiger partial charge is 0.375 e. The van der Waals surface area contributed by atoms with Crippen LogP contribution in [0.15, 0.2) is 10.7 Å². The summed E-state index contributed by atoms with van der Waals surface area (Å²) in [7, 11) is 0. The molecule has 1 fully saturated rings. The van der Waals surface area contributed by atoms with Gasteiger partial charge in [0.1, 0.15) is 4.47 Å². The highest BCUT2D eigenvalue weighted by Gasteiger charge is 2.35. The van der Waals surface area contributed by atoms with Crippen LogP contribution in [-0.4, -0.2) is 26.9 Å². The molecule has 94 valence electrons. The average Bonchev–Trinajstić information content (AvgIpc) is 2.52. The fraction of sp³-hybridized carbons (Fsp3) is 0.700. The van der Waals surface area contributed by atoms with Crippen molar-refractivity contribution in [3.05, 3.63) is 20.8 Å². The van der Waals surface area contributed by atoms with Gasteiger partial charge in [-0.05, 0) is 47.5 Å². The molecule has 0 N–H and O–H groups in total. The fourth-order valence-electron chi connectivity index (χ4n) is 1.92. The highest BCUT2D eigenvalue weighted by Crippen LogP contribution is 2.36. The lowest BCUT2D eigenvalue weighted by Gasteiger charge is -2.34. The highest BCUT2D eigenvalue weighted by molar-refractivity contribution is 9.10. The van der Waals surface area contributed by atoms with Crippen molar-refractivity contribution in [2.45, 2.75) is 44.9 Å². The molecule has 6 nitrogen and oxygen atoms in total. The molecule has 1 aliphatic carbocycles. The quantitative estimate of drug-likeness (QED) is 0.633. The molecule has 0 unspecified atom stereocenters. The van der Waals surface area contributed by atoms with Crippen molar-refractivity contribution in [3.8, 4) is 0 Å². The number of hydrogen-bond donors (Lipinski definition) is 0. The van der Waals surface area contributed by atoms with Gasteiger partial charge in [-0.1, -0.05) is 0 Å². The minimum absolute atomic E-state index is 0.127. The number of aromatic nitrogens is 2. The van der Waals surface area contributed by atoms with E-state index in [0.717, 1.165) is 12.8 Å². The number of hydrogen-bond acceptors (Lipinski definition) is 4. The molecule has 0 atom stereocenters. The van der Waals surface area contributed by atoms with Crippen LogP contribution in [0.5, 0.6) is 0 Å². The van der Waals surface area contributed by atoms with Crippen LogP contribution in [0.1, 0.15) is 32.7 Å². The van der Waals surface area contributed by atoms with Gasteiger partial charge in [0.05, 0.1) is 29.5 Å². The van der Waals surface area contributed by atoms with Crippen molar-refractivity contribution in [1.29, 1.82) is 0 Å². The average molecular weight is 304 g/mol. The molecule has 0 aromatic carbocycles. The second kappa shape index (κ2) is 4.73. The van der Waals surface area contributed by atoms with Crippen LogP contribution in [0, 0.1) is 10.1 Å². The SMILES string of the molecule is CC(C)OC1CC(n2cc(Br)c([N+](=O)[O-])n2)C1. The maximum absolute atomic E-state index is 10.6. The van der Waals surface area contributed by atoms with Crippen LogP contribution >= 0.6 is 15.9 Å². The predicted octanol–water partition coefficient (Wildman–Crippen LogP) is 2.68. The summed E-state index contributed by atoms with van der Waals surface area (Å²) in [5, 5.41) is 14.6. The molecular formula is C10H14BrN3O3. The zero-order chi connectivity index (χ0) is 12.6. The van der Waals surface area contributed by atoms with Crippen LogP contribution in [0.25, 0.3) is 0 Å². The van der Waals surface area contributed by atoms with E-state index in [1.807, 2.05) is 13.8 Å². The third kappa shape index (κ3) is 2.66. The molecule has 0 saturated heterocycles. The molecule has 0 spiro atoms. The molecule has 2 rings (SSSR count). The molecule has 0 amide bonds. The van der Waals surface area contributed by atoms with Gasteiger partial charge in [0, 0.05) is 0 Å². The van der Waals surface area contributed by atoms with Gasteiger partial charge in [-0.15, -0.1) is 0 Å². The number of nitro groups is 1. The number of nitrogens with zero attached hydrogens (tertiary/aromatic N) is 3. The molecule has 1 aromatic rings. The van der Waals surface area contributed by atoms with Crippen LogP contribution in [0.4, 0.5) is 5.82 Å². The largest absolute Gasteiger partial charge is 0.404 e. The predicted molar refractivity (Wildman–Crippen MR) is 64.9 cm³/mol. The van der Waals surface area contributed by atoms with Crippen molar-refractivity contribution in [3.63, 3.8) is 0 Å². The van der Waals surface area contributed by atoms with Crippen molar-refractivity contribution in [1.82, 2.24) is 9.78 Å². The Balaban J connectivity index is 1.97. The Morgan fingerprint density at radius 3 is 2.76 bits per heavy atom. The van der Waals surface area contributed by atoms with E-state index in [2.05, 4.69) is 21.0 Å². The van der Waals surface area contributed by atoms with E-state index >= 15 is 0 Å².